The average Bonchev–Trinajstić information content (AvgIpc) is 3.36. The quantitative estimate of drug-likeness (QED) is 0.288. The highest BCUT2D eigenvalue weighted by molar-refractivity contribution is 6.30. The molecule has 0 amide bonds. The van der Waals surface area contributed by atoms with Crippen LogP contribution in [0.25, 0.3) is 0 Å². The smallest absolute Gasteiger partial charge is 0.311 e. The largest absolute Gasteiger partial charge is 0.424 e. The van der Waals surface area contributed by atoms with E-state index in [0.717, 1.165) is 29.5 Å². The molecular formula is C26H29ClN2O6. The number of halogens is 1. The van der Waals surface area contributed by atoms with Crippen LogP contribution in [-0.2, 0) is 21.0 Å². The van der Waals surface area contributed by atoms with E-state index in [9.17, 15) is 14.9 Å². The van der Waals surface area contributed by atoms with Crippen molar-refractivity contribution in [1.29, 1.82) is 0 Å². The van der Waals surface area contributed by atoms with Crippen LogP contribution in [0.4, 0.5) is 0 Å². The molecule has 5 rings (SSSR count). The van der Waals surface area contributed by atoms with Crippen molar-refractivity contribution in [2.24, 2.45) is 22.7 Å². The number of fused-ring (bicyclic) bond motifs is 3. The number of ether oxygens (including phenoxy) is 2. The minimum absolute atomic E-state index is 0.0484. The van der Waals surface area contributed by atoms with Crippen LogP contribution < -0.4 is 4.74 Å². The van der Waals surface area contributed by atoms with Crippen LogP contribution in [-0.4, -0.2) is 22.1 Å². The van der Waals surface area contributed by atoms with Gasteiger partial charge in [-0.15, -0.1) is 10.1 Å². The Morgan fingerprint density at radius 2 is 2.00 bits per heavy atom. The number of hydrogen-bond acceptors (Lipinski definition) is 7. The first-order chi connectivity index (χ1) is 16.5. The van der Waals surface area contributed by atoms with Gasteiger partial charge in [0.1, 0.15) is 12.2 Å². The summed E-state index contributed by atoms with van der Waals surface area (Å²) in [6.07, 6.45) is 2.60. The van der Waals surface area contributed by atoms with Gasteiger partial charge in [0.15, 0.2) is 5.75 Å². The molecule has 186 valence electrons. The highest BCUT2D eigenvalue weighted by Crippen LogP contribution is 2.69. The Labute approximate surface area is 209 Å². The number of aryl methyl sites for hydroxylation is 1. The fourth-order valence-corrected chi connectivity index (χ4v) is 6.85. The second-order valence-electron chi connectivity index (χ2n) is 10.7. The molecule has 1 aliphatic heterocycles. The van der Waals surface area contributed by atoms with Gasteiger partial charge in [0.2, 0.25) is 0 Å². The highest BCUT2D eigenvalue weighted by atomic mass is 35.5. The van der Waals surface area contributed by atoms with Gasteiger partial charge in [-0.05, 0) is 60.1 Å². The van der Waals surface area contributed by atoms with Crippen LogP contribution in [0.5, 0.6) is 5.75 Å². The maximum absolute atomic E-state index is 13.2. The topological polar surface area (TPSA) is 101 Å². The summed E-state index contributed by atoms with van der Waals surface area (Å²) in [6, 6.07) is 7.42. The molecule has 9 heteroatoms. The molecule has 35 heavy (non-hydrogen) atoms. The molecular weight excluding hydrogens is 472 g/mol. The van der Waals surface area contributed by atoms with Gasteiger partial charge in [0, 0.05) is 22.3 Å². The van der Waals surface area contributed by atoms with E-state index in [2.05, 4.69) is 18.8 Å². The lowest BCUT2D eigenvalue weighted by Crippen LogP contribution is -2.41. The van der Waals surface area contributed by atoms with E-state index in [1.807, 2.05) is 31.2 Å². The van der Waals surface area contributed by atoms with Crippen molar-refractivity contribution >= 4 is 17.6 Å². The second kappa shape index (κ2) is 8.45. The van der Waals surface area contributed by atoms with Crippen LogP contribution in [0, 0.1) is 39.7 Å². The zero-order valence-corrected chi connectivity index (χ0v) is 21.0. The first-order valence-corrected chi connectivity index (χ1v) is 12.3. The van der Waals surface area contributed by atoms with E-state index >= 15 is 0 Å². The summed E-state index contributed by atoms with van der Waals surface area (Å²) in [5.41, 5.74) is 2.63. The fourth-order valence-electron chi connectivity index (χ4n) is 6.72. The van der Waals surface area contributed by atoms with Crippen LogP contribution in [0.3, 0.4) is 0 Å². The van der Waals surface area contributed by atoms with Gasteiger partial charge in [0.05, 0.1) is 18.7 Å². The highest BCUT2D eigenvalue weighted by Gasteiger charge is 2.67. The summed E-state index contributed by atoms with van der Waals surface area (Å²) in [7, 11) is 0. The summed E-state index contributed by atoms with van der Waals surface area (Å²) < 4.78 is 11.9. The Morgan fingerprint density at radius 3 is 2.69 bits per heavy atom. The Balaban J connectivity index is 1.38. The molecule has 3 aliphatic rings. The van der Waals surface area contributed by atoms with Crippen molar-refractivity contribution in [3.05, 3.63) is 68.0 Å². The van der Waals surface area contributed by atoms with E-state index in [1.165, 1.54) is 0 Å². The molecule has 0 saturated heterocycles. The van der Waals surface area contributed by atoms with Crippen molar-refractivity contribution in [3.8, 4) is 5.75 Å². The van der Waals surface area contributed by atoms with Gasteiger partial charge in [-0.1, -0.05) is 44.5 Å². The fraction of sp³-hybridized carbons (Fsp3) is 0.538. The number of carbonyl (C=O) groups is 1. The summed E-state index contributed by atoms with van der Waals surface area (Å²) in [5, 5.41) is 11.2. The Kier molecular flexibility index (Phi) is 5.79. The molecule has 0 spiro atoms. The SMILES string of the molecule is Cc1ncc2c(c1OC(=O)CC1C3CCC(C)([C@H]1O[N+](=O)[O-])C3(C)C)COC2c1ccc(Cl)cc1. The van der Waals surface area contributed by atoms with Crippen LogP contribution in [0.1, 0.15) is 68.5 Å². The van der Waals surface area contributed by atoms with Crippen molar-refractivity contribution in [2.75, 3.05) is 0 Å². The minimum Gasteiger partial charge on any atom is -0.424 e. The average molecular weight is 501 g/mol. The van der Waals surface area contributed by atoms with E-state index < -0.39 is 17.2 Å². The zero-order chi connectivity index (χ0) is 25.1. The molecule has 2 saturated carbocycles. The maximum Gasteiger partial charge on any atom is 0.311 e. The molecule has 5 atom stereocenters. The number of aromatic nitrogens is 1. The predicted octanol–water partition coefficient (Wildman–Crippen LogP) is 5.61. The number of nitrogens with zero attached hydrogens (tertiary/aromatic N) is 2. The monoisotopic (exact) mass is 500 g/mol. The molecule has 2 heterocycles. The molecule has 8 nitrogen and oxygen atoms in total. The lowest BCUT2D eigenvalue weighted by Gasteiger charge is -2.38. The number of esters is 1. The van der Waals surface area contributed by atoms with Crippen LogP contribution in [0.15, 0.2) is 30.5 Å². The molecule has 1 aromatic carbocycles. The van der Waals surface area contributed by atoms with Gasteiger partial charge >= 0.3 is 5.97 Å². The van der Waals surface area contributed by atoms with Gasteiger partial charge in [-0.2, -0.15) is 0 Å². The zero-order valence-electron chi connectivity index (χ0n) is 20.2. The standard InChI is InChI=1S/C26H29ClN2O6/c1-14-22(19-13-33-23(18(19)12-28-14)15-5-7-16(27)8-6-15)34-21(30)11-17-20-9-10-26(4,25(20,2)3)24(17)35-29(31)32/h5-8,12,17,20,23-24H,9-11,13H2,1-4H3/t17?,20?,23?,24-,26?/m0/s1. The van der Waals surface area contributed by atoms with Crippen LogP contribution >= 0.6 is 11.6 Å². The number of rotatable bonds is 6. The van der Waals surface area contributed by atoms with Crippen LogP contribution in [0.2, 0.25) is 5.02 Å². The third kappa shape index (κ3) is 3.78. The molecule has 2 aromatic rings. The van der Waals surface area contributed by atoms with E-state index in [4.69, 9.17) is 25.9 Å². The van der Waals surface area contributed by atoms with Crippen molar-refractivity contribution in [3.63, 3.8) is 0 Å². The maximum atomic E-state index is 13.2. The Morgan fingerprint density at radius 1 is 1.29 bits per heavy atom. The number of hydrogen-bond donors (Lipinski definition) is 0. The number of pyridine rings is 1. The van der Waals surface area contributed by atoms with Gasteiger partial charge in [-0.25, -0.2) is 0 Å². The first-order valence-electron chi connectivity index (χ1n) is 11.9. The number of benzene rings is 1. The molecule has 0 radical (unpaired) electrons. The molecule has 2 fully saturated rings. The van der Waals surface area contributed by atoms with Gasteiger partial charge in [0.25, 0.3) is 5.09 Å². The van der Waals surface area contributed by atoms with E-state index in [1.54, 1.807) is 13.1 Å². The Hall–Kier alpha value is -2.71. The van der Waals surface area contributed by atoms with E-state index in [-0.39, 0.29) is 35.2 Å². The molecule has 1 aromatic heterocycles. The normalized spacial score (nSPS) is 30.2. The Bertz CT molecular complexity index is 1180. The van der Waals surface area contributed by atoms with Gasteiger partial charge < -0.3 is 14.3 Å². The third-order valence-electron chi connectivity index (χ3n) is 8.92. The summed E-state index contributed by atoms with van der Waals surface area (Å²) >= 11 is 6.02. The minimum atomic E-state index is -0.725. The summed E-state index contributed by atoms with van der Waals surface area (Å²) in [4.78, 5) is 34.1. The van der Waals surface area contributed by atoms with Crippen molar-refractivity contribution in [1.82, 2.24) is 4.98 Å². The van der Waals surface area contributed by atoms with Crippen molar-refractivity contribution in [2.45, 2.75) is 65.8 Å². The molecule has 2 aliphatic carbocycles. The first kappa shape index (κ1) is 24.0. The molecule has 2 bridgehead atoms. The van der Waals surface area contributed by atoms with Gasteiger partial charge in [-0.3, -0.25) is 9.78 Å². The lowest BCUT2D eigenvalue weighted by molar-refractivity contribution is -0.774. The lowest BCUT2D eigenvalue weighted by atomic mass is 9.70. The van der Waals surface area contributed by atoms with E-state index in [0.29, 0.717) is 23.1 Å². The second-order valence-corrected chi connectivity index (χ2v) is 11.2. The predicted molar refractivity (Wildman–Crippen MR) is 127 cm³/mol. The number of carbonyl (C=O) groups excluding carboxylic acids is 1. The third-order valence-corrected chi connectivity index (χ3v) is 9.18. The van der Waals surface area contributed by atoms with Crippen molar-refractivity contribution < 1.29 is 24.2 Å². The molecule has 4 unspecified atom stereocenters. The summed E-state index contributed by atoms with van der Waals surface area (Å²) in [5.74, 6) is -0.176. The molecule has 0 N–H and O–H groups in total. The summed E-state index contributed by atoms with van der Waals surface area (Å²) in [6.45, 7) is 8.37.